The van der Waals surface area contributed by atoms with E-state index < -0.39 is 5.97 Å². The highest BCUT2D eigenvalue weighted by Crippen LogP contribution is 2.31. The number of aromatic nitrogens is 5. The molecule has 0 bridgehead atoms. The molecular weight excluding hydrogens is 564 g/mol. The Labute approximate surface area is 253 Å². The monoisotopic (exact) mass is 596 g/mol. The number of hydrogen-bond donors (Lipinski definition) is 1. The minimum atomic E-state index is -0.930. The average molecular weight is 597 g/mol. The van der Waals surface area contributed by atoms with Crippen molar-refractivity contribution < 1.29 is 19.4 Å². The second kappa shape index (κ2) is 12.2. The maximum absolute atomic E-state index is 11.6. The molecule has 1 N–H and O–H groups in total. The van der Waals surface area contributed by atoms with Crippen LogP contribution in [0.3, 0.4) is 0 Å². The van der Waals surface area contributed by atoms with Crippen LogP contribution in [0, 0.1) is 0 Å². The number of piperidine rings is 1. The van der Waals surface area contributed by atoms with E-state index in [1.165, 1.54) is 6.33 Å². The first-order valence-electron chi connectivity index (χ1n) is 14.6. The molecule has 1 aromatic carbocycles. The van der Waals surface area contributed by atoms with E-state index in [0.29, 0.717) is 31.5 Å². The lowest BCUT2D eigenvalue weighted by atomic mass is 9.93. The van der Waals surface area contributed by atoms with Gasteiger partial charge >= 0.3 is 5.97 Å². The van der Waals surface area contributed by atoms with Gasteiger partial charge in [0.05, 0.1) is 35.8 Å². The molecule has 2 aliphatic heterocycles. The summed E-state index contributed by atoms with van der Waals surface area (Å²) in [7, 11) is 0. The van der Waals surface area contributed by atoms with Crippen molar-refractivity contribution >= 4 is 28.3 Å². The Bertz CT molecular complexity index is 1730. The van der Waals surface area contributed by atoms with Crippen molar-refractivity contribution in [3.8, 4) is 16.3 Å². The van der Waals surface area contributed by atoms with Crippen LogP contribution in [0.15, 0.2) is 67.3 Å². The number of benzene rings is 1. The van der Waals surface area contributed by atoms with E-state index in [4.69, 9.17) is 19.4 Å². The zero-order valence-electron chi connectivity index (χ0n) is 23.6. The van der Waals surface area contributed by atoms with Crippen LogP contribution in [0.25, 0.3) is 21.5 Å². The Morgan fingerprint density at radius 1 is 1.05 bits per heavy atom. The number of imidazole rings is 1. The van der Waals surface area contributed by atoms with E-state index in [1.807, 2.05) is 30.6 Å². The van der Waals surface area contributed by atoms with Gasteiger partial charge in [0, 0.05) is 52.0 Å². The van der Waals surface area contributed by atoms with Gasteiger partial charge in [-0.05, 0) is 68.8 Å². The number of thiophene rings is 1. The van der Waals surface area contributed by atoms with Crippen molar-refractivity contribution in [1.29, 1.82) is 0 Å². The van der Waals surface area contributed by atoms with Gasteiger partial charge in [-0.25, -0.2) is 24.7 Å². The Morgan fingerprint density at radius 3 is 2.65 bits per heavy atom. The lowest BCUT2D eigenvalue weighted by Gasteiger charge is -2.32. The molecular formula is C32H32N6O4S. The molecule has 43 heavy (non-hydrogen) atoms. The maximum atomic E-state index is 11.6. The van der Waals surface area contributed by atoms with Gasteiger partial charge in [0.25, 0.3) is 0 Å². The molecule has 0 unspecified atom stereocenters. The third kappa shape index (κ3) is 6.15. The van der Waals surface area contributed by atoms with Crippen molar-refractivity contribution in [2.45, 2.75) is 51.0 Å². The molecule has 2 saturated heterocycles. The van der Waals surface area contributed by atoms with Crippen molar-refractivity contribution in [2.24, 2.45) is 0 Å². The average Bonchev–Trinajstić information content (AvgIpc) is 3.63. The van der Waals surface area contributed by atoms with Gasteiger partial charge in [0.2, 0.25) is 5.88 Å². The Morgan fingerprint density at radius 2 is 1.88 bits per heavy atom. The molecule has 4 aromatic heterocycles. The molecule has 5 aromatic rings. The summed E-state index contributed by atoms with van der Waals surface area (Å²) in [5.74, 6) is 1.04. The Hall–Kier alpha value is -4.19. The van der Waals surface area contributed by atoms with Crippen LogP contribution in [0.4, 0.5) is 0 Å². The third-order valence-electron chi connectivity index (χ3n) is 8.24. The number of rotatable bonds is 10. The van der Waals surface area contributed by atoms with E-state index in [2.05, 4.69) is 37.6 Å². The minimum Gasteiger partial charge on any atom is -0.478 e. The fraction of sp³-hybridized carbons (Fsp3) is 0.344. The molecule has 2 fully saturated rings. The second-order valence-corrected chi connectivity index (χ2v) is 12.2. The molecule has 0 radical (unpaired) electrons. The molecule has 1 atom stereocenters. The number of pyridine rings is 1. The standard InChI is InChI=1S/C32H32N6O4S/c39-32(40)22-4-6-27-28(14-22)38(17-24-10-13-41-24)30(35-27)18-37-11-8-21(9-12-37)26-2-1-3-31(36-26)42-19-25-5-7-29(43-25)23-15-33-20-34-16-23/h1-7,14-16,20-21,24H,8-13,17-19H2,(H,39,40)/t24-/m0/s1. The maximum Gasteiger partial charge on any atom is 0.335 e. The van der Waals surface area contributed by atoms with Crippen LogP contribution in [0.5, 0.6) is 5.88 Å². The molecule has 11 heteroatoms. The minimum absolute atomic E-state index is 0.149. The predicted molar refractivity (Wildman–Crippen MR) is 162 cm³/mol. The third-order valence-corrected chi connectivity index (χ3v) is 9.35. The first-order chi connectivity index (χ1) is 21.1. The van der Waals surface area contributed by atoms with Gasteiger partial charge in [0.15, 0.2) is 0 Å². The Kier molecular flexibility index (Phi) is 7.84. The first-order valence-corrected chi connectivity index (χ1v) is 15.4. The summed E-state index contributed by atoms with van der Waals surface area (Å²) in [4.78, 5) is 34.3. The topological polar surface area (TPSA) is 115 Å². The van der Waals surface area contributed by atoms with Gasteiger partial charge in [-0.3, -0.25) is 4.90 Å². The van der Waals surface area contributed by atoms with Crippen LogP contribution in [-0.2, 0) is 24.4 Å². The van der Waals surface area contributed by atoms with Crippen molar-refractivity contribution in [2.75, 3.05) is 19.7 Å². The van der Waals surface area contributed by atoms with Gasteiger partial charge in [-0.2, -0.15) is 0 Å². The van der Waals surface area contributed by atoms with Crippen molar-refractivity contribution in [3.63, 3.8) is 0 Å². The number of carboxylic acid groups (broad SMARTS) is 1. The van der Waals surface area contributed by atoms with Gasteiger partial charge in [-0.15, -0.1) is 11.3 Å². The fourth-order valence-electron chi connectivity index (χ4n) is 5.77. The number of aromatic carboxylic acids is 1. The smallest absolute Gasteiger partial charge is 0.335 e. The van der Waals surface area contributed by atoms with Crippen molar-refractivity contribution in [3.05, 3.63) is 89.2 Å². The van der Waals surface area contributed by atoms with E-state index in [-0.39, 0.29) is 11.7 Å². The fourth-order valence-corrected chi connectivity index (χ4v) is 6.67. The molecule has 0 spiro atoms. The lowest BCUT2D eigenvalue weighted by Crippen LogP contribution is -2.35. The summed E-state index contributed by atoms with van der Waals surface area (Å²) >= 11 is 1.67. The van der Waals surface area contributed by atoms with Crippen LogP contribution >= 0.6 is 11.3 Å². The number of fused-ring (bicyclic) bond motifs is 1. The zero-order valence-corrected chi connectivity index (χ0v) is 24.4. The van der Waals surface area contributed by atoms with Crippen LogP contribution in [-0.4, -0.2) is 66.3 Å². The SMILES string of the molecule is O=C(O)c1ccc2nc(CN3CCC(c4cccc(OCc5ccc(-c6cncnc6)s5)n4)CC3)n(C[C@@H]3CCO3)c2c1. The number of hydrogen-bond acceptors (Lipinski definition) is 9. The summed E-state index contributed by atoms with van der Waals surface area (Å²) in [6.07, 6.45) is 8.33. The summed E-state index contributed by atoms with van der Waals surface area (Å²) in [5.41, 5.74) is 4.03. The molecule has 6 heterocycles. The van der Waals surface area contributed by atoms with E-state index >= 15 is 0 Å². The van der Waals surface area contributed by atoms with E-state index in [1.54, 1.807) is 23.5 Å². The molecule has 0 aliphatic carbocycles. The van der Waals surface area contributed by atoms with Crippen LogP contribution in [0.1, 0.15) is 51.9 Å². The highest BCUT2D eigenvalue weighted by atomic mass is 32.1. The molecule has 7 rings (SSSR count). The van der Waals surface area contributed by atoms with Crippen LogP contribution < -0.4 is 4.74 Å². The Balaban J connectivity index is 0.981. The molecule has 0 saturated carbocycles. The van der Waals surface area contributed by atoms with Crippen LogP contribution in [0.2, 0.25) is 0 Å². The largest absolute Gasteiger partial charge is 0.478 e. The number of ether oxygens (including phenoxy) is 2. The predicted octanol–water partition coefficient (Wildman–Crippen LogP) is 5.40. The number of nitrogens with zero attached hydrogens (tertiary/aromatic N) is 6. The molecule has 10 nitrogen and oxygen atoms in total. The first kappa shape index (κ1) is 27.6. The highest BCUT2D eigenvalue weighted by molar-refractivity contribution is 7.15. The number of carbonyl (C=O) groups is 1. The molecule has 220 valence electrons. The van der Waals surface area contributed by atoms with Gasteiger partial charge in [0.1, 0.15) is 18.8 Å². The summed E-state index contributed by atoms with van der Waals surface area (Å²) in [6.45, 7) is 4.51. The summed E-state index contributed by atoms with van der Waals surface area (Å²) in [6, 6.07) is 15.4. The second-order valence-electron chi connectivity index (χ2n) is 11.1. The molecule has 0 amide bonds. The molecule has 2 aliphatic rings. The number of likely N-dealkylation sites (tertiary alicyclic amines) is 1. The van der Waals surface area contributed by atoms with E-state index in [9.17, 15) is 9.90 Å². The number of carboxylic acids is 1. The lowest BCUT2D eigenvalue weighted by molar-refractivity contribution is -0.0592. The van der Waals surface area contributed by atoms with Gasteiger partial charge < -0.3 is 19.1 Å². The van der Waals surface area contributed by atoms with E-state index in [0.717, 1.165) is 76.8 Å². The zero-order chi connectivity index (χ0) is 29.2. The quantitative estimate of drug-likeness (QED) is 0.226. The normalized spacial score (nSPS) is 17.6. The summed E-state index contributed by atoms with van der Waals surface area (Å²) < 4.78 is 14.0. The summed E-state index contributed by atoms with van der Waals surface area (Å²) in [5, 5.41) is 9.52. The highest BCUT2D eigenvalue weighted by Gasteiger charge is 2.26. The van der Waals surface area contributed by atoms with Crippen molar-refractivity contribution in [1.82, 2.24) is 29.4 Å². The van der Waals surface area contributed by atoms with Gasteiger partial charge in [-0.1, -0.05) is 6.07 Å².